The van der Waals surface area contributed by atoms with Gasteiger partial charge in [-0.2, -0.15) is 0 Å². The highest BCUT2D eigenvalue weighted by Gasteiger charge is 2.34. The van der Waals surface area contributed by atoms with Gasteiger partial charge in [-0.05, 0) is 48.2 Å². The number of hydrogen-bond acceptors (Lipinski definition) is 2. The van der Waals surface area contributed by atoms with Gasteiger partial charge in [0.05, 0.1) is 5.41 Å². The molecule has 0 aliphatic carbocycles. The number of benzene rings is 2. The van der Waals surface area contributed by atoms with Gasteiger partial charge in [-0.15, -0.1) is 0 Å². The van der Waals surface area contributed by atoms with E-state index in [2.05, 4.69) is 0 Å². The first kappa shape index (κ1) is 13.6. The molecule has 1 unspecified atom stereocenters. The van der Waals surface area contributed by atoms with E-state index in [1.807, 2.05) is 37.3 Å². The smallest absolute Gasteiger partial charge is 0.232 e. The molecule has 1 N–H and O–H groups in total. The van der Waals surface area contributed by atoms with Gasteiger partial charge in [-0.3, -0.25) is 4.79 Å². The highest BCUT2D eigenvalue weighted by Crippen LogP contribution is 2.31. The fraction of sp³-hybridized carbons (Fsp3) is 0.188. The maximum absolute atomic E-state index is 11.9. The molecule has 0 radical (unpaired) electrons. The van der Waals surface area contributed by atoms with Crippen molar-refractivity contribution < 1.29 is 9.90 Å². The summed E-state index contributed by atoms with van der Waals surface area (Å²) in [5.74, 6) is 0.174. The van der Waals surface area contributed by atoms with Crippen LogP contribution in [0.3, 0.4) is 0 Å². The van der Waals surface area contributed by atoms with Crippen LogP contribution in [0.15, 0.2) is 54.6 Å². The lowest BCUT2D eigenvalue weighted by atomic mass is 9.78. The van der Waals surface area contributed by atoms with Crippen LogP contribution in [0, 0.1) is 0 Å². The average molecular weight is 275 g/mol. The van der Waals surface area contributed by atoms with Gasteiger partial charge in [0.15, 0.2) is 0 Å². The van der Waals surface area contributed by atoms with E-state index in [1.165, 1.54) is 0 Å². The summed E-state index contributed by atoms with van der Waals surface area (Å²) in [7, 11) is 0. The molecule has 2 rings (SSSR count). The number of carbonyl (C=O) groups is 1. The summed E-state index contributed by atoms with van der Waals surface area (Å²) >= 11 is 5.81. The maximum Gasteiger partial charge on any atom is 0.232 e. The zero-order valence-electron chi connectivity index (χ0n) is 10.6. The molecular formula is C16H15ClO2. The lowest BCUT2D eigenvalue weighted by Gasteiger charge is -2.26. The number of phenolic OH excluding ortho intramolecular Hbond substituents is 1. The Morgan fingerprint density at radius 1 is 1.11 bits per heavy atom. The number of aromatic hydroxyl groups is 1. The molecule has 0 amide bonds. The molecule has 2 aromatic rings. The monoisotopic (exact) mass is 274 g/mol. The van der Waals surface area contributed by atoms with Crippen LogP contribution >= 0.6 is 11.6 Å². The Morgan fingerprint density at radius 2 is 1.68 bits per heavy atom. The lowest BCUT2D eigenvalue weighted by molar-refractivity contribution is -0.116. The third-order valence-corrected chi connectivity index (χ3v) is 3.76. The Hall–Kier alpha value is -1.80. The molecular weight excluding hydrogens is 260 g/mol. The van der Waals surface area contributed by atoms with Crippen LogP contribution in [0.1, 0.15) is 18.1 Å². The van der Waals surface area contributed by atoms with E-state index in [0.29, 0.717) is 6.42 Å². The largest absolute Gasteiger partial charge is 0.508 e. The van der Waals surface area contributed by atoms with Gasteiger partial charge in [0, 0.05) is 0 Å². The molecule has 98 valence electrons. The minimum Gasteiger partial charge on any atom is -0.508 e. The van der Waals surface area contributed by atoms with Crippen molar-refractivity contribution in [2.75, 3.05) is 0 Å². The minimum absolute atomic E-state index is 0.174. The first-order valence-electron chi connectivity index (χ1n) is 6.06. The van der Waals surface area contributed by atoms with E-state index in [9.17, 15) is 9.90 Å². The van der Waals surface area contributed by atoms with E-state index in [4.69, 9.17) is 11.6 Å². The molecule has 2 aromatic carbocycles. The fourth-order valence-corrected chi connectivity index (χ4v) is 2.29. The molecule has 19 heavy (non-hydrogen) atoms. The SMILES string of the molecule is CC(Cc1ccccc1)(C(=O)Cl)c1ccc(O)cc1. The Labute approximate surface area is 117 Å². The van der Waals surface area contributed by atoms with Crippen LogP contribution < -0.4 is 0 Å². The molecule has 0 aliphatic heterocycles. The molecule has 2 nitrogen and oxygen atoms in total. The highest BCUT2D eigenvalue weighted by molar-refractivity contribution is 6.65. The van der Waals surface area contributed by atoms with Crippen molar-refractivity contribution in [3.63, 3.8) is 0 Å². The zero-order valence-corrected chi connectivity index (χ0v) is 11.4. The van der Waals surface area contributed by atoms with Gasteiger partial charge in [-0.25, -0.2) is 0 Å². The van der Waals surface area contributed by atoms with E-state index >= 15 is 0 Å². The second-order valence-corrected chi connectivity index (χ2v) is 5.16. The second-order valence-electron chi connectivity index (χ2n) is 4.82. The first-order valence-corrected chi connectivity index (χ1v) is 6.43. The Morgan fingerprint density at radius 3 is 2.21 bits per heavy atom. The predicted molar refractivity (Wildman–Crippen MR) is 76.5 cm³/mol. The molecule has 3 heteroatoms. The fourth-order valence-electron chi connectivity index (χ4n) is 2.12. The molecule has 0 bridgehead atoms. The lowest BCUT2D eigenvalue weighted by Crippen LogP contribution is -2.31. The summed E-state index contributed by atoms with van der Waals surface area (Å²) in [6, 6.07) is 16.4. The molecule has 0 saturated heterocycles. The third kappa shape index (κ3) is 2.96. The average Bonchev–Trinajstić information content (AvgIpc) is 2.40. The standard InChI is InChI=1S/C16H15ClO2/c1-16(15(17)19,11-12-5-3-2-4-6-12)13-7-9-14(18)10-8-13/h2-10,18H,11H2,1H3. The van der Waals surface area contributed by atoms with Gasteiger partial charge in [-0.1, -0.05) is 42.5 Å². The Bertz CT molecular complexity index is 563. The van der Waals surface area contributed by atoms with Crippen molar-refractivity contribution in [2.24, 2.45) is 0 Å². The van der Waals surface area contributed by atoms with Crippen LogP contribution in [0.4, 0.5) is 0 Å². The van der Waals surface area contributed by atoms with E-state index in [1.54, 1.807) is 24.3 Å². The van der Waals surface area contributed by atoms with Gasteiger partial charge in [0.1, 0.15) is 5.75 Å². The minimum atomic E-state index is -0.795. The highest BCUT2D eigenvalue weighted by atomic mass is 35.5. The summed E-state index contributed by atoms with van der Waals surface area (Å²) in [6.07, 6.45) is 0.529. The second kappa shape index (κ2) is 5.45. The summed E-state index contributed by atoms with van der Waals surface area (Å²) in [4.78, 5) is 11.9. The normalized spacial score (nSPS) is 13.8. The van der Waals surface area contributed by atoms with E-state index in [-0.39, 0.29) is 5.75 Å². The molecule has 0 spiro atoms. The number of halogens is 1. The topological polar surface area (TPSA) is 37.3 Å². The number of rotatable bonds is 4. The van der Waals surface area contributed by atoms with Crippen molar-refractivity contribution in [3.8, 4) is 5.75 Å². The van der Waals surface area contributed by atoms with Crippen molar-refractivity contribution in [1.29, 1.82) is 0 Å². The molecule has 1 atom stereocenters. The van der Waals surface area contributed by atoms with Gasteiger partial charge in [0.2, 0.25) is 5.24 Å². The molecule has 0 saturated carbocycles. The molecule has 0 aromatic heterocycles. The van der Waals surface area contributed by atoms with Crippen molar-refractivity contribution in [1.82, 2.24) is 0 Å². The number of phenols is 1. The first-order chi connectivity index (χ1) is 9.02. The van der Waals surface area contributed by atoms with Crippen LogP contribution in [-0.2, 0) is 16.6 Å². The van der Waals surface area contributed by atoms with E-state index in [0.717, 1.165) is 11.1 Å². The Kier molecular flexibility index (Phi) is 3.91. The quantitative estimate of drug-likeness (QED) is 0.864. The van der Waals surface area contributed by atoms with Crippen LogP contribution in [0.25, 0.3) is 0 Å². The number of carbonyl (C=O) groups excluding carboxylic acids is 1. The predicted octanol–water partition coefficient (Wildman–Crippen LogP) is 3.66. The van der Waals surface area contributed by atoms with Crippen LogP contribution in [0.5, 0.6) is 5.75 Å². The summed E-state index contributed by atoms with van der Waals surface area (Å²) < 4.78 is 0. The van der Waals surface area contributed by atoms with Crippen molar-refractivity contribution in [3.05, 3.63) is 65.7 Å². The maximum atomic E-state index is 11.9. The third-order valence-electron chi connectivity index (χ3n) is 3.34. The summed E-state index contributed by atoms with van der Waals surface area (Å²) in [5.41, 5.74) is 1.05. The molecule has 0 heterocycles. The van der Waals surface area contributed by atoms with E-state index < -0.39 is 10.7 Å². The van der Waals surface area contributed by atoms with Crippen molar-refractivity contribution >= 4 is 16.8 Å². The number of hydrogen-bond donors (Lipinski definition) is 1. The van der Waals surface area contributed by atoms with Crippen LogP contribution in [0.2, 0.25) is 0 Å². The van der Waals surface area contributed by atoms with Gasteiger partial charge in [0.25, 0.3) is 0 Å². The van der Waals surface area contributed by atoms with Gasteiger partial charge < -0.3 is 5.11 Å². The summed E-state index contributed by atoms with van der Waals surface area (Å²) in [5, 5.41) is 8.93. The Balaban J connectivity index is 2.38. The van der Waals surface area contributed by atoms with Crippen molar-refractivity contribution in [2.45, 2.75) is 18.8 Å². The molecule has 0 aliphatic rings. The molecule has 0 fully saturated rings. The zero-order chi connectivity index (χ0) is 13.9. The summed E-state index contributed by atoms with van der Waals surface area (Å²) in [6.45, 7) is 1.82. The van der Waals surface area contributed by atoms with Crippen LogP contribution in [-0.4, -0.2) is 10.3 Å². The van der Waals surface area contributed by atoms with Gasteiger partial charge >= 0.3 is 0 Å².